The third-order valence-electron chi connectivity index (χ3n) is 2.45. The van der Waals surface area contributed by atoms with Crippen LogP contribution in [-0.4, -0.2) is 50.8 Å². The Balaban J connectivity index is 3.07. The third-order valence-corrected chi connectivity index (χ3v) is 6.16. The van der Waals surface area contributed by atoms with Gasteiger partial charge < -0.3 is 34.9 Å². The zero-order chi connectivity index (χ0) is 15.8. The first-order chi connectivity index (χ1) is 8.87. The zero-order valence-corrected chi connectivity index (χ0v) is 11.7. The topological polar surface area (TPSA) is 185 Å². The standard InChI is InChI=1S/C7H14N2O9P2/c10-6(11)3-8-1-2-9(5-8)4-7(12,19(13,14)15)20(16,17)18/h1-2,5-6,10-12H,3-4H2,(H3-,13,14,15,16,17,18)/p+1. The van der Waals surface area contributed by atoms with Crippen molar-refractivity contribution in [2.75, 3.05) is 0 Å². The van der Waals surface area contributed by atoms with E-state index in [0.29, 0.717) is 0 Å². The fourth-order valence-corrected chi connectivity index (χ4v) is 3.48. The van der Waals surface area contributed by atoms with Crippen molar-refractivity contribution >= 4 is 15.2 Å². The Labute approximate surface area is 112 Å². The van der Waals surface area contributed by atoms with Crippen molar-refractivity contribution in [3.8, 4) is 0 Å². The van der Waals surface area contributed by atoms with Crippen LogP contribution in [0.5, 0.6) is 0 Å². The largest absolute Gasteiger partial charge is 0.373 e. The van der Waals surface area contributed by atoms with Crippen molar-refractivity contribution in [3.63, 3.8) is 0 Å². The number of hydrogen-bond acceptors (Lipinski definition) is 5. The predicted molar refractivity (Wildman–Crippen MR) is 61.9 cm³/mol. The van der Waals surface area contributed by atoms with Gasteiger partial charge in [-0.05, 0) is 0 Å². The summed E-state index contributed by atoms with van der Waals surface area (Å²) in [5, 5.41) is 23.6. The van der Waals surface area contributed by atoms with Crippen molar-refractivity contribution in [3.05, 3.63) is 18.7 Å². The average Bonchev–Trinajstić information content (AvgIpc) is 2.60. The molecule has 11 nitrogen and oxygen atoms in total. The number of hydrogen-bond donors (Lipinski definition) is 7. The Hall–Kier alpha value is -0.610. The number of rotatable bonds is 6. The molecule has 0 aliphatic rings. The van der Waals surface area contributed by atoms with Crippen LogP contribution in [0.4, 0.5) is 0 Å². The molecular weight excluding hydrogens is 318 g/mol. The van der Waals surface area contributed by atoms with Crippen molar-refractivity contribution < 1.29 is 48.6 Å². The number of aliphatic hydroxyl groups is 3. The normalized spacial score (nSPS) is 14.0. The highest BCUT2D eigenvalue weighted by Gasteiger charge is 2.61. The number of nitrogens with zero attached hydrogens (tertiary/aromatic N) is 2. The summed E-state index contributed by atoms with van der Waals surface area (Å²) >= 11 is 0. The maximum absolute atomic E-state index is 11.1. The first kappa shape index (κ1) is 17.4. The molecule has 0 aromatic carbocycles. The Kier molecular flexibility index (Phi) is 4.92. The molecule has 1 rings (SSSR count). The van der Waals surface area contributed by atoms with E-state index in [1.54, 1.807) is 0 Å². The minimum atomic E-state index is -5.53. The molecule has 0 amide bonds. The van der Waals surface area contributed by atoms with Crippen molar-refractivity contribution in [2.45, 2.75) is 24.5 Å². The van der Waals surface area contributed by atoms with Gasteiger partial charge in [-0.2, -0.15) is 0 Å². The lowest BCUT2D eigenvalue weighted by molar-refractivity contribution is -0.703. The second kappa shape index (κ2) is 5.64. The molecular formula is C7H15N2O9P2+. The highest BCUT2D eigenvalue weighted by Crippen LogP contribution is 2.67. The summed E-state index contributed by atoms with van der Waals surface area (Å²) in [7, 11) is -11.1. The quantitative estimate of drug-likeness (QED) is 0.163. The smallest absolute Gasteiger partial charge is 0.365 e. The molecule has 0 saturated carbocycles. The van der Waals surface area contributed by atoms with E-state index in [1.807, 2.05) is 0 Å². The van der Waals surface area contributed by atoms with Crippen LogP contribution in [0.3, 0.4) is 0 Å². The van der Waals surface area contributed by atoms with Crippen LogP contribution in [0.1, 0.15) is 0 Å². The molecule has 0 radical (unpaired) electrons. The molecule has 0 aliphatic carbocycles. The molecule has 116 valence electrons. The van der Waals surface area contributed by atoms with Gasteiger partial charge in [0.25, 0.3) is 0 Å². The Morgan fingerprint density at radius 1 is 1.15 bits per heavy atom. The van der Waals surface area contributed by atoms with Gasteiger partial charge in [0.2, 0.25) is 6.33 Å². The van der Waals surface area contributed by atoms with Gasteiger partial charge >= 0.3 is 20.3 Å². The van der Waals surface area contributed by atoms with Crippen molar-refractivity contribution in [2.24, 2.45) is 0 Å². The Morgan fingerprint density at radius 3 is 2.05 bits per heavy atom. The molecule has 1 aromatic heterocycles. The fraction of sp³-hybridized carbons (Fsp3) is 0.571. The molecule has 1 aromatic rings. The lowest BCUT2D eigenvalue weighted by Crippen LogP contribution is -2.46. The van der Waals surface area contributed by atoms with Gasteiger partial charge in [-0.1, -0.05) is 0 Å². The maximum atomic E-state index is 11.1. The summed E-state index contributed by atoms with van der Waals surface area (Å²) in [5.41, 5.74) is 0. The van der Waals surface area contributed by atoms with Crippen LogP contribution in [0.25, 0.3) is 0 Å². The lowest BCUT2D eigenvalue weighted by atomic mass is 10.6. The monoisotopic (exact) mass is 333 g/mol. The van der Waals surface area contributed by atoms with Gasteiger partial charge in [0.1, 0.15) is 25.5 Å². The molecule has 0 aliphatic heterocycles. The van der Waals surface area contributed by atoms with Crippen LogP contribution >= 0.6 is 15.2 Å². The van der Waals surface area contributed by atoms with Crippen molar-refractivity contribution in [1.82, 2.24) is 4.57 Å². The van der Waals surface area contributed by atoms with Gasteiger partial charge in [0.05, 0.1) is 0 Å². The van der Waals surface area contributed by atoms with E-state index in [-0.39, 0.29) is 6.54 Å². The first-order valence-corrected chi connectivity index (χ1v) is 8.34. The fourth-order valence-electron chi connectivity index (χ4n) is 1.43. The van der Waals surface area contributed by atoms with Gasteiger partial charge in [-0.15, -0.1) is 0 Å². The van der Waals surface area contributed by atoms with E-state index in [2.05, 4.69) is 0 Å². The summed E-state index contributed by atoms with van der Waals surface area (Å²) in [4.78, 5) is 35.8. The molecule has 13 heteroatoms. The van der Waals surface area contributed by atoms with Gasteiger partial charge in [0.15, 0.2) is 6.29 Å². The van der Waals surface area contributed by atoms with Gasteiger partial charge in [-0.3, -0.25) is 9.13 Å². The van der Waals surface area contributed by atoms with E-state index >= 15 is 0 Å². The summed E-state index contributed by atoms with van der Waals surface area (Å²) < 4.78 is 24.4. The van der Waals surface area contributed by atoms with Crippen molar-refractivity contribution in [1.29, 1.82) is 0 Å². The number of aromatic nitrogens is 2. The number of imidazole rings is 1. The minimum Gasteiger partial charge on any atom is -0.365 e. The minimum absolute atomic E-state index is 0.267. The molecule has 0 spiro atoms. The van der Waals surface area contributed by atoms with E-state index in [4.69, 9.17) is 29.8 Å². The maximum Gasteiger partial charge on any atom is 0.373 e. The Morgan fingerprint density at radius 2 is 1.65 bits per heavy atom. The average molecular weight is 333 g/mol. The van der Waals surface area contributed by atoms with E-state index in [1.165, 1.54) is 10.8 Å². The molecule has 7 N–H and O–H groups in total. The molecule has 0 bridgehead atoms. The number of aliphatic hydroxyl groups excluding tert-OH is 1. The van der Waals surface area contributed by atoms with Crippen LogP contribution in [-0.2, 0) is 22.2 Å². The molecule has 20 heavy (non-hydrogen) atoms. The molecule has 0 atom stereocenters. The Bertz CT molecular complexity index is 536. The lowest BCUT2D eigenvalue weighted by Gasteiger charge is -2.27. The molecule has 0 fully saturated rings. The highest BCUT2D eigenvalue weighted by atomic mass is 31.2. The van der Waals surface area contributed by atoms with Gasteiger partial charge in [0, 0.05) is 0 Å². The van der Waals surface area contributed by atoms with Gasteiger partial charge in [-0.25, -0.2) is 9.13 Å². The molecule has 1 heterocycles. The SMILES string of the molecule is O=P(O)(O)C(O)(C[n+]1ccn(CC(O)O)c1)P(=O)(O)O. The first-order valence-electron chi connectivity index (χ1n) is 5.11. The second-order valence-electron chi connectivity index (χ2n) is 4.13. The highest BCUT2D eigenvalue weighted by molar-refractivity contribution is 7.72. The second-order valence-corrected chi connectivity index (χ2v) is 8.13. The predicted octanol–water partition coefficient (Wildman–Crippen LogP) is -2.91. The summed E-state index contributed by atoms with van der Waals surface area (Å²) in [6, 6.07) is 0. The summed E-state index contributed by atoms with van der Waals surface area (Å²) in [6.07, 6.45) is 1.83. The zero-order valence-electron chi connectivity index (χ0n) is 9.96. The van der Waals surface area contributed by atoms with Crippen LogP contribution in [0, 0.1) is 0 Å². The van der Waals surface area contributed by atoms with E-state index in [9.17, 15) is 14.2 Å². The molecule has 0 unspecified atom stereocenters. The van der Waals surface area contributed by atoms with Crippen LogP contribution in [0.2, 0.25) is 0 Å². The van der Waals surface area contributed by atoms with E-state index < -0.39 is 33.1 Å². The molecule has 0 saturated heterocycles. The van der Waals surface area contributed by atoms with E-state index in [0.717, 1.165) is 17.1 Å². The summed E-state index contributed by atoms with van der Waals surface area (Å²) in [6.45, 7) is -1.34. The third kappa shape index (κ3) is 3.73. The van der Waals surface area contributed by atoms with Crippen LogP contribution < -0.4 is 4.57 Å². The summed E-state index contributed by atoms with van der Waals surface area (Å²) in [5.74, 6) is 0. The van der Waals surface area contributed by atoms with Crippen LogP contribution in [0.15, 0.2) is 18.7 Å².